The average molecular weight is 335 g/mol. The predicted octanol–water partition coefficient (Wildman–Crippen LogP) is 3.56. The van der Waals surface area contributed by atoms with Crippen LogP contribution in [0.15, 0.2) is 24.1 Å². The molecule has 0 aliphatic carbocycles. The van der Waals surface area contributed by atoms with Crippen molar-refractivity contribution in [2.24, 2.45) is 23.0 Å². The van der Waals surface area contributed by atoms with Gasteiger partial charge in [-0.25, -0.2) is 4.39 Å². The van der Waals surface area contributed by atoms with Gasteiger partial charge in [-0.3, -0.25) is 4.79 Å². The van der Waals surface area contributed by atoms with Crippen LogP contribution in [0.25, 0.3) is 0 Å². The largest absolute Gasteiger partial charge is 0.336 e. The molecule has 0 radical (unpaired) electrons. The zero-order valence-electron chi connectivity index (χ0n) is 15.4. The molecule has 4 atom stereocenters. The lowest BCUT2D eigenvalue weighted by molar-refractivity contribution is -0.139. The number of carbonyl (C=O) groups excluding carboxylic acids is 1. The number of amides is 1. The number of hydrogen-bond donors (Lipinski definition) is 1. The molecule has 3 unspecified atom stereocenters. The maximum atomic E-state index is 13.7. The minimum Gasteiger partial charge on any atom is -0.336 e. The summed E-state index contributed by atoms with van der Waals surface area (Å²) < 4.78 is 13.7. The zero-order valence-corrected chi connectivity index (χ0v) is 15.4. The third-order valence-electron chi connectivity index (χ3n) is 4.90. The number of hydrogen-bond acceptors (Lipinski definition) is 3. The van der Waals surface area contributed by atoms with Crippen molar-refractivity contribution >= 4 is 5.91 Å². The number of nitrogens with zero attached hydrogens (tertiary/aromatic N) is 2. The number of rotatable bonds is 5. The van der Waals surface area contributed by atoms with Gasteiger partial charge in [0.15, 0.2) is 0 Å². The molecule has 1 heterocycles. The van der Waals surface area contributed by atoms with E-state index in [0.29, 0.717) is 6.54 Å². The molecular formula is C19H30FN3O. The summed E-state index contributed by atoms with van der Waals surface area (Å²) in [6.07, 6.45) is 6.30. The van der Waals surface area contributed by atoms with E-state index in [4.69, 9.17) is 5.73 Å². The van der Waals surface area contributed by atoms with Crippen LogP contribution in [-0.2, 0) is 4.79 Å². The van der Waals surface area contributed by atoms with Crippen molar-refractivity contribution in [3.05, 3.63) is 24.1 Å². The van der Waals surface area contributed by atoms with E-state index < -0.39 is 11.5 Å². The number of nitriles is 1. The van der Waals surface area contributed by atoms with Crippen molar-refractivity contribution in [1.29, 1.82) is 5.26 Å². The second-order valence-corrected chi connectivity index (χ2v) is 7.38. The Labute approximate surface area is 145 Å². The van der Waals surface area contributed by atoms with Gasteiger partial charge >= 0.3 is 0 Å². The number of likely N-dealkylation sites (tertiary alicyclic amines) is 1. The van der Waals surface area contributed by atoms with Crippen LogP contribution >= 0.6 is 0 Å². The molecule has 1 rings (SSSR count). The molecule has 0 spiro atoms. The predicted molar refractivity (Wildman–Crippen MR) is 94.4 cm³/mol. The van der Waals surface area contributed by atoms with Gasteiger partial charge in [-0.1, -0.05) is 13.0 Å². The van der Waals surface area contributed by atoms with Gasteiger partial charge in [-0.05, 0) is 64.5 Å². The maximum Gasteiger partial charge on any atom is 0.239 e. The summed E-state index contributed by atoms with van der Waals surface area (Å²) in [6, 6.07) is 1.55. The Bertz CT molecular complexity index is 545. The third kappa shape index (κ3) is 4.91. The summed E-state index contributed by atoms with van der Waals surface area (Å²) in [7, 11) is 0. The summed E-state index contributed by atoms with van der Waals surface area (Å²) in [6.45, 7) is 9.63. The minimum absolute atomic E-state index is 0.00993. The Morgan fingerprint density at radius 2 is 2.04 bits per heavy atom. The quantitative estimate of drug-likeness (QED) is 0.781. The van der Waals surface area contributed by atoms with E-state index in [9.17, 15) is 14.4 Å². The molecule has 1 aliphatic rings. The molecule has 1 aliphatic heterocycles. The number of nitrogens with two attached hydrogens (primary N) is 1. The number of piperidine rings is 1. The molecular weight excluding hydrogens is 305 g/mol. The minimum atomic E-state index is -0.634. The first kappa shape index (κ1) is 20.4. The van der Waals surface area contributed by atoms with Crippen molar-refractivity contribution in [2.45, 2.75) is 59.5 Å². The highest BCUT2D eigenvalue weighted by Gasteiger charge is 2.42. The van der Waals surface area contributed by atoms with Gasteiger partial charge in [0.05, 0.1) is 17.5 Å². The normalized spacial score (nSPS) is 25.4. The van der Waals surface area contributed by atoms with E-state index in [-0.39, 0.29) is 29.6 Å². The number of halogens is 1. The van der Waals surface area contributed by atoms with E-state index in [1.54, 1.807) is 30.9 Å². The molecule has 4 nitrogen and oxygen atoms in total. The van der Waals surface area contributed by atoms with E-state index >= 15 is 0 Å². The first-order valence-electron chi connectivity index (χ1n) is 8.61. The fraction of sp³-hybridized carbons (Fsp3) is 0.684. The van der Waals surface area contributed by atoms with Crippen LogP contribution < -0.4 is 5.73 Å². The lowest BCUT2D eigenvalue weighted by atomic mass is 9.75. The fourth-order valence-electron chi connectivity index (χ4n) is 3.36. The molecule has 24 heavy (non-hydrogen) atoms. The van der Waals surface area contributed by atoms with Crippen molar-refractivity contribution in [2.75, 3.05) is 6.54 Å². The van der Waals surface area contributed by atoms with Crippen LogP contribution in [0, 0.1) is 28.6 Å². The third-order valence-corrected chi connectivity index (χ3v) is 4.90. The van der Waals surface area contributed by atoms with Crippen LogP contribution in [0.3, 0.4) is 0 Å². The first-order chi connectivity index (χ1) is 11.1. The SMILES string of the molecule is C/C=C\C(F)=C/C(C)C1CCC(C(C)(C)C#N)N(C(=O)[C@@H](C)N)C1. The van der Waals surface area contributed by atoms with Gasteiger partial charge in [0.25, 0.3) is 0 Å². The lowest BCUT2D eigenvalue weighted by Crippen LogP contribution is -2.57. The van der Waals surface area contributed by atoms with Gasteiger partial charge in [0.1, 0.15) is 5.83 Å². The summed E-state index contributed by atoms with van der Waals surface area (Å²) in [5.74, 6) is -0.224. The topological polar surface area (TPSA) is 70.1 Å². The second-order valence-electron chi connectivity index (χ2n) is 7.38. The smallest absolute Gasteiger partial charge is 0.239 e. The highest BCUT2D eigenvalue weighted by Crippen LogP contribution is 2.37. The number of carbonyl (C=O) groups is 1. The van der Waals surface area contributed by atoms with E-state index in [1.165, 1.54) is 6.08 Å². The van der Waals surface area contributed by atoms with Gasteiger partial charge in [0.2, 0.25) is 5.91 Å². The summed E-state index contributed by atoms with van der Waals surface area (Å²) >= 11 is 0. The molecule has 1 amide bonds. The van der Waals surface area contributed by atoms with E-state index in [1.807, 2.05) is 20.8 Å². The summed E-state index contributed by atoms with van der Waals surface area (Å²) in [5, 5.41) is 9.45. The average Bonchev–Trinajstić information content (AvgIpc) is 2.53. The van der Waals surface area contributed by atoms with Crippen molar-refractivity contribution in [3.63, 3.8) is 0 Å². The van der Waals surface area contributed by atoms with Crippen LogP contribution in [0.5, 0.6) is 0 Å². The molecule has 0 aromatic carbocycles. The standard InChI is InChI=1S/C19H30FN3O/c1-6-7-16(20)10-13(2)15-8-9-17(19(4,5)12-21)23(11-15)18(24)14(3)22/h6-7,10,13-15,17H,8-9,11,22H2,1-5H3/b7-6-,16-10+/t13?,14-,15?,17?/m1/s1. The van der Waals surface area contributed by atoms with Gasteiger partial charge in [-0.15, -0.1) is 0 Å². The summed E-state index contributed by atoms with van der Waals surface area (Å²) in [5.41, 5.74) is 5.17. The molecule has 1 saturated heterocycles. The molecule has 1 fully saturated rings. The molecule has 2 N–H and O–H groups in total. The maximum absolute atomic E-state index is 13.7. The van der Waals surface area contributed by atoms with Crippen LogP contribution in [0.2, 0.25) is 0 Å². The van der Waals surface area contributed by atoms with Crippen molar-refractivity contribution in [1.82, 2.24) is 4.90 Å². The Morgan fingerprint density at radius 3 is 2.54 bits per heavy atom. The Balaban J connectivity index is 3.01. The van der Waals surface area contributed by atoms with Gasteiger partial charge < -0.3 is 10.6 Å². The van der Waals surface area contributed by atoms with Gasteiger partial charge in [-0.2, -0.15) is 5.26 Å². The van der Waals surface area contributed by atoms with E-state index in [2.05, 4.69) is 6.07 Å². The first-order valence-corrected chi connectivity index (χ1v) is 8.61. The second kappa shape index (κ2) is 8.43. The van der Waals surface area contributed by atoms with Crippen LogP contribution in [0.1, 0.15) is 47.5 Å². The molecule has 5 heteroatoms. The van der Waals surface area contributed by atoms with Crippen molar-refractivity contribution in [3.8, 4) is 6.07 Å². The Kier molecular flexibility index (Phi) is 7.16. The zero-order chi connectivity index (χ0) is 18.5. The molecule has 134 valence electrons. The lowest BCUT2D eigenvalue weighted by Gasteiger charge is -2.46. The van der Waals surface area contributed by atoms with Gasteiger partial charge in [0, 0.05) is 12.6 Å². The fourth-order valence-corrected chi connectivity index (χ4v) is 3.36. The highest BCUT2D eigenvalue weighted by molar-refractivity contribution is 5.81. The highest BCUT2D eigenvalue weighted by atomic mass is 19.1. The molecule has 0 bridgehead atoms. The molecule has 0 aromatic heterocycles. The molecule has 0 aromatic rings. The Morgan fingerprint density at radius 1 is 1.42 bits per heavy atom. The number of allylic oxidation sites excluding steroid dienone is 4. The monoisotopic (exact) mass is 335 g/mol. The van der Waals surface area contributed by atoms with Crippen molar-refractivity contribution < 1.29 is 9.18 Å². The summed E-state index contributed by atoms with van der Waals surface area (Å²) in [4.78, 5) is 14.3. The molecule has 0 saturated carbocycles. The van der Waals surface area contributed by atoms with Crippen LogP contribution in [-0.4, -0.2) is 29.4 Å². The van der Waals surface area contributed by atoms with E-state index in [0.717, 1.165) is 12.8 Å². The van der Waals surface area contributed by atoms with Crippen LogP contribution in [0.4, 0.5) is 4.39 Å². The Hall–Kier alpha value is -1.67.